The topological polar surface area (TPSA) is 194 Å². The predicted molar refractivity (Wildman–Crippen MR) is 141 cm³/mol. The van der Waals surface area contributed by atoms with Crippen LogP contribution in [0.3, 0.4) is 0 Å². The smallest absolute Gasteiger partial charge is 0.255 e. The molecule has 1 amide bonds. The van der Waals surface area contributed by atoms with Gasteiger partial charge in [-0.15, -0.1) is 0 Å². The number of phenols is 1. The highest BCUT2D eigenvalue weighted by atomic mass is 19.1. The predicted octanol–water partition coefficient (Wildman–Crippen LogP) is 0.600. The number of likely N-dealkylation sites (N-methyl/N-ethyl adjacent to an activating group) is 1. The van der Waals surface area contributed by atoms with E-state index in [1.54, 1.807) is 0 Å². The Morgan fingerprint density at radius 1 is 1.25 bits per heavy atom. The van der Waals surface area contributed by atoms with Crippen molar-refractivity contribution in [2.24, 2.45) is 23.0 Å². The number of aromatic hydroxyl groups is 1. The second-order valence-electron chi connectivity index (χ2n) is 12.2. The Labute approximate surface area is 230 Å². The van der Waals surface area contributed by atoms with Crippen LogP contribution in [-0.2, 0) is 27.3 Å². The molecule has 0 aromatic heterocycles. The van der Waals surface area contributed by atoms with Crippen LogP contribution in [0.5, 0.6) is 5.75 Å². The fourth-order valence-electron chi connectivity index (χ4n) is 6.35. The molecule has 0 radical (unpaired) electrons. The Bertz CT molecular complexity index is 1360. The van der Waals surface area contributed by atoms with E-state index in [-0.39, 0.29) is 59.7 Å². The van der Waals surface area contributed by atoms with Gasteiger partial charge in [0.1, 0.15) is 28.7 Å². The van der Waals surface area contributed by atoms with Gasteiger partial charge in [0, 0.05) is 35.2 Å². The minimum atomic E-state index is -2.76. The number of hydrogen-bond donors (Lipinski definition) is 7. The maximum Gasteiger partial charge on any atom is 0.255 e. The molecule has 1 aromatic rings. The number of ketones is 2. The number of benzene rings is 1. The SMILES string of the molecule is CN(C)[C@@H]1C(=O)C(C(N)=O)=C(O)[C@@]2(O)C(=O)C3=C(O)c4c(O)cc(CN[C@H](CO)C(C)(C)C)c(F)c4C[C@H]3C[C@@H]12. The highest BCUT2D eigenvalue weighted by Gasteiger charge is 2.64. The Morgan fingerprint density at radius 3 is 2.40 bits per heavy atom. The number of nitrogens with one attached hydrogen (secondary N) is 1. The number of nitrogens with zero attached hydrogens (tertiary/aromatic N) is 1. The zero-order valence-corrected chi connectivity index (χ0v) is 23.1. The second-order valence-corrected chi connectivity index (χ2v) is 12.2. The maximum absolute atomic E-state index is 15.8. The van der Waals surface area contributed by atoms with Gasteiger partial charge in [0.05, 0.1) is 18.2 Å². The molecule has 0 heterocycles. The van der Waals surface area contributed by atoms with Crippen molar-refractivity contribution < 1.29 is 44.3 Å². The molecule has 4 rings (SSSR count). The third-order valence-electron chi connectivity index (χ3n) is 8.50. The quantitative estimate of drug-likeness (QED) is 0.242. The number of aliphatic hydroxyl groups excluding tert-OH is 3. The van der Waals surface area contributed by atoms with Gasteiger partial charge in [-0.2, -0.15) is 0 Å². The number of primary amides is 1. The van der Waals surface area contributed by atoms with Crippen LogP contribution in [0.15, 0.2) is 23.0 Å². The highest BCUT2D eigenvalue weighted by Crippen LogP contribution is 2.53. The summed E-state index contributed by atoms with van der Waals surface area (Å²) in [5.41, 5.74) is 0.697. The summed E-state index contributed by atoms with van der Waals surface area (Å²) in [4.78, 5) is 40.4. The van der Waals surface area contributed by atoms with Crippen LogP contribution in [0, 0.1) is 23.1 Å². The van der Waals surface area contributed by atoms with E-state index >= 15 is 4.39 Å². The molecule has 0 saturated heterocycles. The molecule has 1 fully saturated rings. The van der Waals surface area contributed by atoms with Crippen LogP contribution in [0.4, 0.5) is 4.39 Å². The van der Waals surface area contributed by atoms with Gasteiger partial charge in [0.15, 0.2) is 11.4 Å². The lowest BCUT2D eigenvalue weighted by Crippen LogP contribution is -2.65. The third kappa shape index (κ3) is 4.30. The number of rotatable bonds is 6. The molecule has 3 aliphatic rings. The number of carbonyl (C=O) groups excluding carboxylic acids is 3. The van der Waals surface area contributed by atoms with Crippen molar-refractivity contribution in [2.75, 3.05) is 20.7 Å². The average molecular weight is 562 g/mol. The van der Waals surface area contributed by atoms with Crippen LogP contribution in [0.25, 0.3) is 5.76 Å². The molecule has 11 nitrogen and oxygen atoms in total. The Kier molecular flexibility index (Phi) is 7.38. The standard InChI is InChI=1S/C28H36FN3O8/c1-27(2,3)16(10-33)31-9-12-8-15(34)18-13(20(12)29)6-11-7-14-21(32(4)5)23(36)19(26(30)39)25(38)28(14,40)24(37)17(11)22(18)35/h8,11,14,16,21,31,33-35,38,40H,6-7,9-10H2,1-5H3,(H2,30,39)/t11-,14-,16+,21-,28-/m0/s1. The van der Waals surface area contributed by atoms with Gasteiger partial charge in [0.2, 0.25) is 5.78 Å². The average Bonchev–Trinajstić information content (AvgIpc) is 2.83. The largest absolute Gasteiger partial charge is 0.508 e. The van der Waals surface area contributed by atoms with Crippen LogP contribution in [0.2, 0.25) is 0 Å². The molecule has 0 aliphatic heterocycles. The van der Waals surface area contributed by atoms with Crippen molar-refractivity contribution in [3.8, 4) is 5.75 Å². The maximum atomic E-state index is 15.8. The minimum absolute atomic E-state index is 0.0375. The summed E-state index contributed by atoms with van der Waals surface area (Å²) in [6, 6.07) is -0.486. The summed E-state index contributed by atoms with van der Waals surface area (Å²) < 4.78 is 15.8. The summed E-state index contributed by atoms with van der Waals surface area (Å²) in [5, 5.41) is 57.3. The van der Waals surface area contributed by atoms with Gasteiger partial charge in [-0.25, -0.2) is 4.39 Å². The number of halogens is 1. The monoisotopic (exact) mass is 561 g/mol. The zero-order chi connectivity index (χ0) is 30.1. The van der Waals surface area contributed by atoms with Gasteiger partial charge in [0.25, 0.3) is 5.91 Å². The number of hydrogen-bond acceptors (Lipinski definition) is 10. The van der Waals surface area contributed by atoms with Crippen LogP contribution in [-0.4, -0.2) is 86.3 Å². The summed E-state index contributed by atoms with van der Waals surface area (Å²) in [7, 11) is 3.00. The van der Waals surface area contributed by atoms with Crippen molar-refractivity contribution in [1.82, 2.24) is 10.2 Å². The van der Waals surface area contributed by atoms with E-state index in [1.165, 1.54) is 19.0 Å². The van der Waals surface area contributed by atoms with Crippen LogP contribution < -0.4 is 11.1 Å². The number of carbonyl (C=O) groups is 3. The normalized spacial score (nSPS) is 27.5. The Balaban J connectivity index is 1.84. The summed E-state index contributed by atoms with van der Waals surface area (Å²) in [5.74, 6) is -8.61. The fraction of sp³-hybridized carbons (Fsp3) is 0.536. The van der Waals surface area contributed by atoms with E-state index in [4.69, 9.17) is 5.73 Å². The molecule has 12 heteroatoms. The van der Waals surface area contributed by atoms with E-state index in [2.05, 4.69) is 5.32 Å². The molecule has 0 spiro atoms. The second kappa shape index (κ2) is 9.95. The molecular weight excluding hydrogens is 525 g/mol. The molecule has 0 unspecified atom stereocenters. The van der Waals surface area contributed by atoms with Crippen LogP contribution >= 0.6 is 0 Å². The molecule has 1 saturated carbocycles. The van der Waals surface area contributed by atoms with Gasteiger partial charge < -0.3 is 36.6 Å². The van der Waals surface area contributed by atoms with E-state index in [0.717, 1.165) is 6.07 Å². The number of aliphatic hydroxyl groups is 4. The number of nitrogens with two attached hydrogens (primary N) is 1. The first-order chi connectivity index (χ1) is 18.5. The van der Waals surface area contributed by atoms with Crippen LogP contribution in [0.1, 0.15) is 43.9 Å². The minimum Gasteiger partial charge on any atom is -0.508 e. The molecule has 8 N–H and O–H groups in total. The third-order valence-corrected chi connectivity index (χ3v) is 8.50. The highest BCUT2D eigenvalue weighted by molar-refractivity contribution is 6.24. The van der Waals surface area contributed by atoms with E-state index < -0.39 is 69.6 Å². The van der Waals surface area contributed by atoms with Gasteiger partial charge >= 0.3 is 0 Å². The molecule has 3 aliphatic carbocycles. The Morgan fingerprint density at radius 2 is 1.88 bits per heavy atom. The lowest BCUT2D eigenvalue weighted by atomic mass is 9.57. The first kappa shape index (κ1) is 29.7. The molecule has 5 atom stereocenters. The fourth-order valence-corrected chi connectivity index (χ4v) is 6.35. The van der Waals surface area contributed by atoms with Crippen molar-refractivity contribution in [1.29, 1.82) is 0 Å². The zero-order valence-electron chi connectivity index (χ0n) is 23.1. The number of fused-ring (bicyclic) bond motifs is 3. The molecule has 40 heavy (non-hydrogen) atoms. The summed E-state index contributed by atoms with van der Waals surface area (Å²) >= 11 is 0. The molecule has 1 aromatic carbocycles. The lowest BCUT2D eigenvalue weighted by Gasteiger charge is -2.50. The first-order valence-electron chi connectivity index (χ1n) is 13.0. The summed E-state index contributed by atoms with van der Waals surface area (Å²) in [6.45, 7) is 5.48. The van der Waals surface area contributed by atoms with Crippen molar-refractivity contribution in [2.45, 2.75) is 57.8 Å². The van der Waals surface area contributed by atoms with Gasteiger partial charge in [-0.1, -0.05) is 20.8 Å². The molecule has 218 valence electrons. The number of phenolic OH excluding ortho intramolecular Hbond substituents is 1. The van der Waals surface area contributed by atoms with E-state index in [9.17, 15) is 39.9 Å². The van der Waals surface area contributed by atoms with Gasteiger partial charge in [-0.05, 0) is 44.3 Å². The van der Waals surface area contributed by atoms with Crippen molar-refractivity contribution >= 4 is 23.2 Å². The van der Waals surface area contributed by atoms with E-state index in [1.807, 2.05) is 20.8 Å². The Hall–Kier alpha value is -3.32. The van der Waals surface area contributed by atoms with Gasteiger partial charge in [-0.3, -0.25) is 19.3 Å². The van der Waals surface area contributed by atoms with Crippen molar-refractivity contribution in [3.05, 3.63) is 45.5 Å². The molecule has 0 bridgehead atoms. The number of amides is 1. The number of Topliss-reactive ketones (excluding diaryl/α,β-unsaturated/α-hetero) is 2. The molecular formula is C28H36FN3O8. The summed E-state index contributed by atoms with van der Waals surface area (Å²) in [6.07, 6.45) is -0.282. The van der Waals surface area contributed by atoms with E-state index in [0.29, 0.717) is 0 Å². The van der Waals surface area contributed by atoms with Crippen molar-refractivity contribution in [3.63, 3.8) is 0 Å². The first-order valence-corrected chi connectivity index (χ1v) is 13.0. The lowest BCUT2D eigenvalue weighted by molar-refractivity contribution is -0.153.